The molecule has 0 aliphatic heterocycles. The van der Waals surface area contributed by atoms with Crippen molar-refractivity contribution in [1.82, 2.24) is 4.98 Å². The fourth-order valence-corrected chi connectivity index (χ4v) is 8.10. The molecule has 160 valence electrons. The normalized spacial score (nSPS) is 18.2. The van der Waals surface area contributed by atoms with Crippen molar-refractivity contribution in [2.45, 2.75) is 102 Å². The molecule has 1 fully saturated rings. The Morgan fingerprint density at radius 1 is 1.04 bits per heavy atom. The fraction of sp³-hybridized carbons (Fsp3) is 0.773. The molecule has 0 spiro atoms. The Balaban J connectivity index is 2.18. The van der Waals surface area contributed by atoms with E-state index < -0.39 is 8.32 Å². The first-order valence-electron chi connectivity index (χ1n) is 11.0. The van der Waals surface area contributed by atoms with Crippen LogP contribution in [0.15, 0.2) is 12.4 Å². The van der Waals surface area contributed by atoms with Crippen LogP contribution in [0.4, 0.5) is 0 Å². The summed E-state index contributed by atoms with van der Waals surface area (Å²) in [4.78, 5) is 4.13. The van der Waals surface area contributed by atoms with E-state index in [4.69, 9.17) is 32.4 Å². The van der Waals surface area contributed by atoms with Crippen LogP contribution >= 0.6 is 23.2 Å². The lowest BCUT2D eigenvalue weighted by molar-refractivity contribution is -0.0484. The van der Waals surface area contributed by atoms with E-state index in [1.54, 1.807) is 12.4 Å². The van der Waals surface area contributed by atoms with Gasteiger partial charge in [-0.3, -0.25) is 4.98 Å². The molecule has 1 aromatic rings. The summed E-state index contributed by atoms with van der Waals surface area (Å²) in [6.07, 6.45) is 12.6. The molecular weight excluding hydrogens is 409 g/mol. The van der Waals surface area contributed by atoms with Gasteiger partial charge in [-0.2, -0.15) is 0 Å². The van der Waals surface area contributed by atoms with Gasteiger partial charge in [-0.1, -0.05) is 63.2 Å². The lowest BCUT2D eigenvalue weighted by atomic mass is 9.80. The SMILES string of the molecule is CC[Si](CC)(CC)OC(CCCC1(OC)CCCCC1)c1c(Cl)cncc1Cl. The van der Waals surface area contributed by atoms with Gasteiger partial charge in [-0.25, -0.2) is 0 Å². The molecule has 1 atom stereocenters. The zero-order valence-electron chi connectivity index (χ0n) is 18.0. The van der Waals surface area contributed by atoms with Gasteiger partial charge in [0.05, 0.1) is 21.8 Å². The van der Waals surface area contributed by atoms with Gasteiger partial charge in [-0.05, 0) is 50.2 Å². The number of halogens is 2. The Labute approximate surface area is 182 Å². The Hall–Kier alpha value is -0.133. The van der Waals surface area contributed by atoms with Crippen LogP contribution < -0.4 is 0 Å². The first-order chi connectivity index (χ1) is 13.4. The molecular formula is C22H37Cl2NO2Si. The van der Waals surface area contributed by atoms with E-state index in [9.17, 15) is 0 Å². The van der Waals surface area contributed by atoms with Gasteiger partial charge in [0.25, 0.3) is 0 Å². The molecule has 1 saturated carbocycles. The maximum atomic E-state index is 6.89. The third-order valence-electron chi connectivity index (χ3n) is 6.83. The summed E-state index contributed by atoms with van der Waals surface area (Å²) in [5.41, 5.74) is 0.962. The van der Waals surface area contributed by atoms with Crippen LogP contribution in [0, 0.1) is 0 Å². The van der Waals surface area contributed by atoms with E-state index in [1.807, 2.05) is 7.11 Å². The molecule has 0 bridgehead atoms. The topological polar surface area (TPSA) is 31.4 Å². The summed E-state index contributed by atoms with van der Waals surface area (Å²) in [6.45, 7) is 6.77. The molecule has 0 radical (unpaired) electrons. The van der Waals surface area contributed by atoms with Gasteiger partial charge < -0.3 is 9.16 Å². The van der Waals surface area contributed by atoms with Gasteiger partial charge >= 0.3 is 0 Å². The lowest BCUT2D eigenvalue weighted by Gasteiger charge is -2.37. The number of aromatic nitrogens is 1. The minimum atomic E-state index is -1.79. The van der Waals surface area contributed by atoms with Crippen LogP contribution in [0.1, 0.15) is 83.8 Å². The number of pyridine rings is 1. The molecule has 0 aromatic carbocycles. The van der Waals surface area contributed by atoms with Crippen LogP contribution in [0.5, 0.6) is 0 Å². The molecule has 28 heavy (non-hydrogen) atoms. The summed E-state index contributed by atoms with van der Waals surface area (Å²) >= 11 is 13.1. The van der Waals surface area contributed by atoms with Crippen molar-refractivity contribution in [3.63, 3.8) is 0 Å². The molecule has 1 heterocycles. The third-order valence-corrected chi connectivity index (χ3v) is 12.1. The smallest absolute Gasteiger partial charge is 0.192 e. The van der Waals surface area contributed by atoms with Crippen LogP contribution in [0.3, 0.4) is 0 Å². The van der Waals surface area contributed by atoms with Gasteiger partial charge in [0.1, 0.15) is 0 Å². The summed E-state index contributed by atoms with van der Waals surface area (Å²) in [6, 6.07) is 3.33. The molecule has 1 unspecified atom stereocenters. The van der Waals surface area contributed by atoms with E-state index in [0.717, 1.165) is 43.0 Å². The van der Waals surface area contributed by atoms with E-state index in [1.165, 1.54) is 32.1 Å². The maximum Gasteiger partial charge on any atom is 0.192 e. The Kier molecular flexibility index (Phi) is 9.75. The highest BCUT2D eigenvalue weighted by Crippen LogP contribution is 2.41. The maximum absolute atomic E-state index is 6.89. The number of hydrogen-bond donors (Lipinski definition) is 0. The highest BCUT2D eigenvalue weighted by atomic mass is 35.5. The highest BCUT2D eigenvalue weighted by Gasteiger charge is 2.35. The Morgan fingerprint density at radius 3 is 2.11 bits per heavy atom. The van der Waals surface area contributed by atoms with Crippen molar-refractivity contribution in [3.8, 4) is 0 Å². The third kappa shape index (κ3) is 5.95. The monoisotopic (exact) mass is 445 g/mol. The Morgan fingerprint density at radius 2 is 1.61 bits per heavy atom. The standard InChI is InChI=1S/C22H37Cl2NO2Si/c1-5-28(6-2,7-3)27-20(21-18(23)16-25-17-19(21)24)12-11-15-22(26-4)13-9-8-10-14-22/h16-17,20H,5-15H2,1-4H3. The summed E-state index contributed by atoms with van der Waals surface area (Å²) < 4.78 is 12.9. The molecule has 1 aliphatic carbocycles. The molecule has 0 saturated heterocycles. The van der Waals surface area contributed by atoms with Crippen molar-refractivity contribution in [2.24, 2.45) is 0 Å². The van der Waals surface area contributed by atoms with Crippen LogP contribution in [-0.4, -0.2) is 26.0 Å². The van der Waals surface area contributed by atoms with Crippen molar-refractivity contribution < 1.29 is 9.16 Å². The molecule has 3 nitrogen and oxygen atoms in total. The predicted molar refractivity (Wildman–Crippen MR) is 122 cm³/mol. The van der Waals surface area contributed by atoms with Crippen molar-refractivity contribution >= 4 is 31.5 Å². The van der Waals surface area contributed by atoms with Gasteiger partial charge in [0, 0.05) is 25.1 Å². The van der Waals surface area contributed by atoms with Gasteiger partial charge in [0.15, 0.2) is 8.32 Å². The zero-order valence-corrected chi connectivity index (χ0v) is 20.5. The molecule has 1 aliphatic rings. The predicted octanol–water partition coefficient (Wildman–Crippen LogP) is 7.97. The van der Waals surface area contributed by atoms with Crippen LogP contribution in [0.2, 0.25) is 28.2 Å². The minimum Gasteiger partial charge on any atom is -0.410 e. The number of nitrogens with zero attached hydrogens (tertiary/aromatic N) is 1. The molecule has 0 amide bonds. The first-order valence-corrected chi connectivity index (χ1v) is 14.2. The molecule has 0 N–H and O–H groups in total. The second kappa shape index (κ2) is 11.3. The molecule has 6 heteroatoms. The second-order valence-corrected chi connectivity index (χ2v) is 13.7. The molecule has 1 aromatic heterocycles. The summed E-state index contributed by atoms with van der Waals surface area (Å²) in [5, 5.41) is 1.23. The average Bonchev–Trinajstić information content (AvgIpc) is 2.72. The van der Waals surface area contributed by atoms with Crippen molar-refractivity contribution in [3.05, 3.63) is 28.0 Å². The number of methoxy groups -OCH3 is 1. The average molecular weight is 447 g/mol. The highest BCUT2D eigenvalue weighted by molar-refractivity contribution is 6.73. The van der Waals surface area contributed by atoms with E-state index in [-0.39, 0.29) is 11.7 Å². The zero-order chi connectivity index (χ0) is 20.6. The van der Waals surface area contributed by atoms with E-state index in [2.05, 4.69) is 25.8 Å². The summed E-state index contributed by atoms with van der Waals surface area (Å²) in [7, 11) is 0.0795. The van der Waals surface area contributed by atoms with E-state index in [0.29, 0.717) is 10.0 Å². The second-order valence-electron chi connectivity index (χ2n) is 8.21. The molecule has 2 rings (SSSR count). The van der Waals surface area contributed by atoms with Crippen molar-refractivity contribution in [1.29, 1.82) is 0 Å². The van der Waals surface area contributed by atoms with Crippen LogP contribution in [-0.2, 0) is 9.16 Å². The minimum absolute atomic E-state index is 0.0451. The lowest BCUT2D eigenvalue weighted by Crippen LogP contribution is -2.38. The van der Waals surface area contributed by atoms with E-state index >= 15 is 0 Å². The van der Waals surface area contributed by atoms with Gasteiger partial charge in [-0.15, -0.1) is 0 Å². The number of rotatable bonds is 11. The largest absolute Gasteiger partial charge is 0.410 e. The fourth-order valence-electron chi connectivity index (χ4n) is 4.65. The van der Waals surface area contributed by atoms with Gasteiger partial charge in [0.2, 0.25) is 0 Å². The number of hydrogen-bond acceptors (Lipinski definition) is 3. The van der Waals surface area contributed by atoms with Crippen molar-refractivity contribution in [2.75, 3.05) is 7.11 Å². The first kappa shape index (κ1) is 24.1. The quantitative estimate of drug-likeness (QED) is 0.323. The Bertz CT molecular complexity index is 576. The summed E-state index contributed by atoms with van der Waals surface area (Å²) in [5.74, 6) is 0. The van der Waals surface area contributed by atoms with Crippen LogP contribution in [0.25, 0.3) is 0 Å². The number of ether oxygens (including phenoxy) is 1.